The van der Waals surface area contributed by atoms with Crippen LogP contribution in [0.4, 0.5) is 0 Å². The van der Waals surface area contributed by atoms with Crippen LogP contribution in [0.1, 0.15) is 38.5 Å². The smallest absolute Gasteiger partial charge is 0.248 e. The molecule has 0 saturated heterocycles. The maximum Gasteiger partial charge on any atom is 0.248 e. The van der Waals surface area contributed by atoms with Gasteiger partial charge in [0.25, 0.3) is 0 Å². The lowest BCUT2D eigenvalue weighted by atomic mass is 10.1. The van der Waals surface area contributed by atoms with Crippen molar-refractivity contribution in [2.75, 3.05) is 6.61 Å². The van der Waals surface area contributed by atoms with Gasteiger partial charge in [0.1, 0.15) is 0 Å². The Morgan fingerprint density at radius 2 is 1.24 bits per heavy atom. The Bertz CT molecular complexity index is 168. The molecule has 17 heavy (non-hydrogen) atoms. The van der Waals surface area contributed by atoms with Crippen molar-refractivity contribution in [2.45, 2.75) is 70.8 Å². The molecule has 0 unspecified atom stereocenters. The van der Waals surface area contributed by atoms with Crippen LogP contribution < -0.4 is 0 Å². The molecule has 0 aromatic rings. The van der Waals surface area contributed by atoms with Crippen molar-refractivity contribution in [3.05, 3.63) is 0 Å². The molecule has 1 nitrogen and oxygen atoms in total. The average molecular weight is 315 g/mol. The average Bonchev–Trinajstić information content (AvgIpc) is 2.11. The van der Waals surface area contributed by atoms with E-state index in [1.807, 2.05) is 6.55 Å². The zero-order chi connectivity index (χ0) is 13.4. The molecule has 0 aliphatic heterocycles. The van der Waals surface area contributed by atoms with Gasteiger partial charge in [0, 0.05) is 6.61 Å². The molecular weight excluding hydrogens is 287 g/mol. The standard InChI is InChI=1S/C12H28Cl2OSi2/c1-16(2,3)15-11-9-7-5-6-8-10-12-17(4,13)14/h5-12H2,1-4H3. The first-order valence-electron chi connectivity index (χ1n) is 6.72. The molecule has 0 aromatic carbocycles. The quantitative estimate of drug-likeness (QED) is 0.284. The molecule has 0 fully saturated rings. The highest BCUT2D eigenvalue weighted by Crippen LogP contribution is 2.23. The number of hydrogen-bond acceptors (Lipinski definition) is 1. The van der Waals surface area contributed by atoms with Crippen LogP contribution in [0.5, 0.6) is 0 Å². The number of hydrogen-bond donors (Lipinski definition) is 0. The van der Waals surface area contributed by atoms with E-state index in [0.717, 1.165) is 12.7 Å². The van der Waals surface area contributed by atoms with Gasteiger partial charge in [-0.2, -0.15) is 0 Å². The fourth-order valence-electron chi connectivity index (χ4n) is 1.62. The van der Waals surface area contributed by atoms with E-state index in [1.165, 1.54) is 38.5 Å². The van der Waals surface area contributed by atoms with Gasteiger partial charge < -0.3 is 4.43 Å². The van der Waals surface area contributed by atoms with Crippen molar-refractivity contribution in [1.29, 1.82) is 0 Å². The van der Waals surface area contributed by atoms with Crippen LogP contribution in [0, 0.1) is 0 Å². The minimum atomic E-state index is -1.83. The Morgan fingerprint density at radius 1 is 0.765 bits per heavy atom. The second-order valence-corrected chi connectivity index (χ2v) is 18.6. The monoisotopic (exact) mass is 314 g/mol. The van der Waals surface area contributed by atoms with E-state index in [0.29, 0.717) is 0 Å². The first-order chi connectivity index (χ1) is 7.71. The number of unbranched alkanes of at least 4 members (excludes halogenated alkanes) is 5. The molecule has 0 aliphatic rings. The normalized spacial score (nSPS) is 13.1. The van der Waals surface area contributed by atoms with Gasteiger partial charge in [0.15, 0.2) is 8.32 Å². The van der Waals surface area contributed by atoms with Crippen molar-refractivity contribution in [3.63, 3.8) is 0 Å². The Hall–Kier alpha value is 0.974. The van der Waals surface area contributed by atoms with Gasteiger partial charge in [0.05, 0.1) is 0 Å². The van der Waals surface area contributed by atoms with Gasteiger partial charge in [-0.1, -0.05) is 32.1 Å². The largest absolute Gasteiger partial charge is 0.418 e. The van der Waals surface area contributed by atoms with Crippen molar-refractivity contribution in [2.24, 2.45) is 0 Å². The SMILES string of the molecule is C[Si](Cl)(Cl)CCCCCCCCO[Si](C)(C)C. The Morgan fingerprint density at radius 3 is 1.71 bits per heavy atom. The Kier molecular flexibility index (Phi) is 9.48. The van der Waals surface area contributed by atoms with Gasteiger partial charge in [-0.3, -0.25) is 0 Å². The van der Waals surface area contributed by atoms with E-state index >= 15 is 0 Å². The first kappa shape index (κ1) is 18.0. The lowest BCUT2D eigenvalue weighted by molar-refractivity contribution is 0.298. The third-order valence-corrected chi connectivity index (χ3v) is 5.98. The predicted molar refractivity (Wildman–Crippen MR) is 85.1 cm³/mol. The van der Waals surface area contributed by atoms with Crippen LogP contribution in [0.15, 0.2) is 0 Å². The predicted octanol–water partition coefficient (Wildman–Crippen LogP) is 5.73. The summed E-state index contributed by atoms with van der Waals surface area (Å²) >= 11 is 12.1. The Balaban J connectivity index is 3.15. The number of rotatable bonds is 10. The van der Waals surface area contributed by atoms with Crippen LogP contribution >= 0.6 is 22.2 Å². The third-order valence-electron chi connectivity index (χ3n) is 2.55. The maximum atomic E-state index is 6.05. The lowest BCUT2D eigenvalue weighted by Gasteiger charge is -2.16. The summed E-state index contributed by atoms with van der Waals surface area (Å²) in [7, 11) is -1.28. The fraction of sp³-hybridized carbons (Fsp3) is 1.00. The molecule has 0 radical (unpaired) electrons. The Labute approximate surface area is 119 Å². The van der Waals surface area contributed by atoms with Gasteiger partial charge in [-0.05, 0) is 38.7 Å². The van der Waals surface area contributed by atoms with E-state index in [1.54, 1.807) is 0 Å². The summed E-state index contributed by atoms with van der Waals surface area (Å²) in [5.74, 6) is 0. The second-order valence-electron chi connectivity index (χ2n) is 5.90. The topological polar surface area (TPSA) is 9.23 Å². The van der Waals surface area contributed by atoms with E-state index in [-0.39, 0.29) is 0 Å². The van der Waals surface area contributed by atoms with Crippen molar-refractivity contribution in [3.8, 4) is 0 Å². The van der Waals surface area contributed by atoms with Crippen LogP contribution in [-0.4, -0.2) is 21.6 Å². The molecule has 0 saturated carbocycles. The minimum absolute atomic E-state index is 0.948. The lowest BCUT2D eigenvalue weighted by Crippen LogP contribution is -2.25. The summed E-state index contributed by atoms with van der Waals surface area (Å²) in [6.45, 7) is 7.85. The molecule has 0 atom stereocenters. The van der Waals surface area contributed by atoms with Crippen LogP contribution in [-0.2, 0) is 4.43 Å². The molecule has 0 N–H and O–H groups in total. The van der Waals surface area contributed by atoms with Gasteiger partial charge in [-0.15, -0.1) is 22.2 Å². The van der Waals surface area contributed by atoms with Gasteiger partial charge in [-0.25, -0.2) is 0 Å². The maximum absolute atomic E-state index is 6.05. The van der Waals surface area contributed by atoms with Crippen molar-refractivity contribution < 1.29 is 4.43 Å². The second kappa shape index (κ2) is 8.97. The summed E-state index contributed by atoms with van der Waals surface area (Å²) in [4.78, 5) is 0. The molecule has 0 rings (SSSR count). The highest BCUT2D eigenvalue weighted by Gasteiger charge is 2.19. The van der Waals surface area contributed by atoms with Crippen LogP contribution in [0.2, 0.25) is 32.2 Å². The van der Waals surface area contributed by atoms with Crippen LogP contribution in [0.25, 0.3) is 0 Å². The molecule has 0 bridgehead atoms. The third kappa shape index (κ3) is 17.0. The minimum Gasteiger partial charge on any atom is -0.418 e. The summed E-state index contributed by atoms with van der Waals surface area (Å²) < 4.78 is 5.81. The van der Waals surface area contributed by atoms with Crippen LogP contribution in [0.3, 0.4) is 0 Å². The highest BCUT2D eigenvalue weighted by atomic mass is 35.7. The zero-order valence-electron chi connectivity index (χ0n) is 11.8. The summed E-state index contributed by atoms with van der Waals surface area (Å²) in [6.07, 6.45) is 7.60. The first-order valence-corrected chi connectivity index (χ1v) is 14.9. The van der Waals surface area contributed by atoms with E-state index in [9.17, 15) is 0 Å². The fourth-order valence-corrected chi connectivity index (χ4v) is 4.05. The molecule has 0 aromatic heterocycles. The molecule has 5 heteroatoms. The molecule has 104 valence electrons. The van der Waals surface area contributed by atoms with E-state index in [4.69, 9.17) is 26.6 Å². The van der Waals surface area contributed by atoms with E-state index in [2.05, 4.69) is 19.6 Å². The van der Waals surface area contributed by atoms with Crippen molar-refractivity contribution >= 4 is 37.2 Å². The number of halogens is 2. The molecule has 0 amide bonds. The summed E-state index contributed by atoms with van der Waals surface area (Å²) in [5.41, 5.74) is 0. The van der Waals surface area contributed by atoms with E-state index < -0.39 is 15.0 Å². The summed E-state index contributed by atoms with van der Waals surface area (Å²) in [5, 5.41) is 0. The summed E-state index contributed by atoms with van der Waals surface area (Å²) in [6, 6.07) is 1.04. The molecule has 0 spiro atoms. The molecular formula is C12H28Cl2OSi2. The van der Waals surface area contributed by atoms with Gasteiger partial charge in [0.2, 0.25) is 6.69 Å². The van der Waals surface area contributed by atoms with Crippen molar-refractivity contribution in [1.82, 2.24) is 0 Å². The highest BCUT2D eigenvalue weighted by molar-refractivity contribution is 7.44. The molecule has 0 heterocycles. The van der Waals surface area contributed by atoms with Gasteiger partial charge >= 0.3 is 0 Å². The zero-order valence-corrected chi connectivity index (χ0v) is 15.3. The molecule has 0 aliphatic carbocycles.